The average Bonchev–Trinajstić information content (AvgIpc) is 1.65. The van der Waals surface area contributed by atoms with E-state index in [1.54, 1.807) is 0 Å². The number of hydrogen-bond donors (Lipinski definition) is 0. The Morgan fingerprint density at radius 2 is 2.25 bits per heavy atom. The fourth-order valence-electron chi connectivity index (χ4n) is 0.287. The van der Waals surface area contributed by atoms with Crippen molar-refractivity contribution in [3.05, 3.63) is 24.6 Å². The number of alkyl halides is 1. The number of halogens is 2. The molecule has 0 aromatic rings. The van der Waals surface area contributed by atoms with Crippen molar-refractivity contribution in [3.8, 4) is 0 Å². The van der Waals surface area contributed by atoms with E-state index in [9.17, 15) is 8.78 Å². The molecule has 0 aromatic heterocycles. The molecule has 0 aliphatic rings. The first-order valence-corrected chi connectivity index (χ1v) is 2.27. The lowest BCUT2D eigenvalue weighted by atomic mass is 10.3. The first-order chi connectivity index (χ1) is 3.66. The van der Waals surface area contributed by atoms with Gasteiger partial charge in [-0.1, -0.05) is 12.7 Å². The molecule has 0 spiro atoms. The van der Waals surface area contributed by atoms with E-state index in [-0.39, 0.29) is 0 Å². The van der Waals surface area contributed by atoms with Crippen LogP contribution in [0.1, 0.15) is 6.92 Å². The van der Waals surface area contributed by atoms with Crippen molar-refractivity contribution in [2.24, 2.45) is 0 Å². The van der Waals surface area contributed by atoms with Gasteiger partial charge in [0, 0.05) is 0 Å². The van der Waals surface area contributed by atoms with Crippen LogP contribution in [0.4, 0.5) is 8.78 Å². The van der Waals surface area contributed by atoms with E-state index in [2.05, 4.69) is 6.58 Å². The highest BCUT2D eigenvalue weighted by Crippen LogP contribution is 2.00. The minimum Gasteiger partial charge on any atom is -0.238 e. The van der Waals surface area contributed by atoms with Crippen molar-refractivity contribution >= 4 is 0 Å². The Morgan fingerprint density at radius 3 is 2.38 bits per heavy atom. The summed E-state index contributed by atoms with van der Waals surface area (Å²) < 4.78 is 23.7. The molecule has 0 unspecified atom stereocenters. The molecule has 0 amide bonds. The third-order valence-electron chi connectivity index (χ3n) is 0.614. The predicted octanol–water partition coefficient (Wildman–Crippen LogP) is 2.38. The van der Waals surface area contributed by atoms with Gasteiger partial charge in [-0.05, 0) is 13.0 Å². The van der Waals surface area contributed by atoms with Crippen LogP contribution in [0.2, 0.25) is 0 Å². The van der Waals surface area contributed by atoms with Gasteiger partial charge in [0.2, 0.25) is 0 Å². The van der Waals surface area contributed by atoms with Crippen molar-refractivity contribution in [1.29, 1.82) is 0 Å². The Labute approximate surface area is 47.5 Å². The number of rotatable bonds is 2. The van der Waals surface area contributed by atoms with Crippen molar-refractivity contribution in [2.45, 2.75) is 13.1 Å². The largest absolute Gasteiger partial charge is 0.238 e. The third-order valence-corrected chi connectivity index (χ3v) is 0.614. The summed E-state index contributed by atoms with van der Waals surface area (Å²) in [7, 11) is 0. The second kappa shape index (κ2) is 3.36. The average molecular weight is 118 g/mol. The zero-order valence-electron chi connectivity index (χ0n) is 4.70. The van der Waals surface area contributed by atoms with Crippen LogP contribution < -0.4 is 0 Å². The summed E-state index contributed by atoms with van der Waals surface area (Å²) >= 11 is 0. The molecule has 1 atom stereocenters. The second-order valence-electron chi connectivity index (χ2n) is 1.43. The van der Waals surface area contributed by atoms with Crippen molar-refractivity contribution < 1.29 is 8.78 Å². The number of hydrogen-bond acceptors (Lipinski definition) is 0. The lowest BCUT2D eigenvalue weighted by Gasteiger charge is -1.89. The van der Waals surface area contributed by atoms with Gasteiger partial charge < -0.3 is 0 Å². The van der Waals surface area contributed by atoms with Gasteiger partial charge in [-0.15, -0.1) is 0 Å². The highest BCUT2D eigenvalue weighted by atomic mass is 19.1. The van der Waals surface area contributed by atoms with Gasteiger partial charge in [0.1, 0.15) is 6.17 Å². The highest BCUT2D eigenvalue weighted by Gasteiger charge is 1.93. The Kier molecular flexibility index (Phi) is 3.08. The quantitative estimate of drug-likeness (QED) is 0.488. The van der Waals surface area contributed by atoms with E-state index in [0.717, 1.165) is 12.2 Å². The first kappa shape index (κ1) is 7.34. The van der Waals surface area contributed by atoms with E-state index < -0.39 is 12.0 Å². The van der Waals surface area contributed by atoms with Crippen LogP contribution in [0.15, 0.2) is 24.6 Å². The van der Waals surface area contributed by atoms with Gasteiger partial charge in [0.05, 0.1) is 5.83 Å². The fraction of sp³-hybridized carbons (Fsp3) is 0.333. The molecule has 0 aliphatic heterocycles. The predicted molar refractivity (Wildman–Crippen MR) is 30.0 cm³/mol. The normalized spacial score (nSPS) is 15.6. The molecule has 0 aliphatic carbocycles. The smallest absolute Gasteiger partial charge is 0.139 e. The molecular formula is C6H8F2. The highest BCUT2D eigenvalue weighted by molar-refractivity contribution is 5.00. The Bertz CT molecular complexity index is 101. The van der Waals surface area contributed by atoms with Crippen LogP contribution in [0.5, 0.6) is 0 Å². The summed E-state index contributed by atoms with van der Waals surface area (Å²) in [6, 6.07) is 0. The topological polar surface area (TPSA) is 0 Å². The van der Waals surface area contributed by atoms with Gasteiger partial charge in [-0.3, -0.25) is 0 Å². The molecule has 0 radical (unpaired) electrons. The molecule has 0 bridgehead atoms. The molecular weight excluding hydrogens is 110 g/mol. The zero-order chi connectivity index (χ0) is 6.57. The van der Waals surface area contributed by atoms with E-state index in [1.165, 1.54) is 6.92 Å². The third kappa shape index (κ3) is 3.53. The molecule has 0 saturated heterocycles. The van der Waals surface area contributed by atoms with Crippen LogP contribution in [-0.4, -0.2) is 6.17 Å². The molecule has 0 saturated carbocycles. The summed E-state index contributed by atoms with van der Waals surface area (Å²) in [6.07, 6.45) is 0.538. The van der Waals surface area contributed by atoms with Gasteiger partial charge >= 0.3 is 0 Å². The minimum atomic E-state index is -1.35. The first-order valence-electron chi connectivity index (χ1n) is 2.27. The van der Waals surface area contributed by atoms with E-state index in [1.807, 2.05) is 0 Å². The lowest BCUT2D eigenvalue weighted by Crippen LogP contribution is -1.86. The van der Waals surface area contributed by atoms with Crippen LogP contribution in [0.3, 0.4) is 0 Å². The maximum Gasteiger partial charge on any atom is 0.139 e. The Morgan fingerprint density at radius 1 is 1.75 bits per heavy atom. The van der Waals surface area contributed by atoms with E-state index in [0.29, 0.717) is 0 Å². The SMILES string of the molecule is C=C[C@H](F)/C=C(\C)F. The van der Waals surface area contributed by atoms with Crippen LogP contribution in [0.25, 0.3) is 0 Å². The fourth-order valence-corrected chi connectivity index (χ4v) is 0.287. The molecule has 2 heteroatoms. The maximum atomic E-state index is 11.9. The summed E-state index contributed by atoms with van der Waals surface area (Å²) in [5.74, 6) is -0.516. The summed E-state index contributed by atoms with van der Waals surface area (Å²) in [5, 5.41) is 0. The van der Waals surface area contributed by atoms with E-state index in [4.69, 9.17) is 0 Å². The molecule has 0 fully saturated rings. The standard InChI is InChI=1S/C6H8F2/c1-3-6(8)4-5(2)7/h3-4,6H,1H2,2H3/b5-4+/t6-/m0/s1. The summed E-state index contributed by atoms with van der Waals surface area (Å²) in [6.45, 7) is 4.32. The van der Waals surface area contributed by atoms with Gasteiger partial charge in [-0.2, -0.15) is 0 Å². The molecule has 0 heterocycles. The molecule has 0 aromatic carbocycles. The second-order valence-corrected chi connectivity index (χ2v) is 1.43. The summed E-state index contributed by atoms with van der Waals surface area (Å²) in [4.78, 5) is 0. The minimum absolute atomic E-state index is 0.516. The molecule has 0 N–H and O–H groups in total. The van der Waals surface area contributed by atoms with Crippen molar-refractivity contribution in [2.75, 3.05) is 0 Å². The molecule has 0 nitrogen and oxygen atoms in total. The Hall–Kier alpha value is -0.660. The number of allylic oxidation sites excluding steroid dienone is 3. The monoisotopic (exact) mass is 118 g/mol. The molecule has 46 valence electrons. The van der Waals surface area contributed by atoms with Crippen LogP contribution in [0, 0.1) is 0 Å². The van der Waals surface area contributed by atoms with Crippen molar-refractivity contribution in [3.63, 3.8) is 0 Å². The van der Waals surface area contributed by atoms with Crippen LogP contribution in [-0.2, 0) is 0 Å². The van der Waals surface area contributed by atoms with Gasteiger partial charge in [0.15, 0.2) is 0 Å². The van der Waals surface area contributed by atoms with Gasteiger partial charge in [0.25, 0.3) is 0 Å². The maximum absolute atomic E-state index is 11.9. The molecule has 8 heavy (non-hydrogen) atoms. The lowest BCUT2D eigenvalue weighted by molar-refractivity contribution is 0.459. The van der Waals surface area contributed by atoms with Crippen molar-refractivity contribution in [1.82, 2.24) is 0 Å². The van der Waals surface area contributed by atoms with Crippen LogP contribution >= 0.6 is 0 Å². The Balaban J connectivity index is 3.68. The van der Waals surface area contributed by atoms with E-state index >= 15 is 0 Å². The zero-order valence-corrected chi connectivity index (χ0v) is 4.70. The molecule has 0 rings (SSSR count). The summed E-state index contributed by atoms with van der Waals surface area (Å²) in [5.41, 5.74) is 0. The van der Waals surface area contributed by atoms with Gasteiger partial charge in [-0.25, -0.2) is 8.78 Å².